The Bertz CT molecular complexity index is 406. The third kappa shape index (κ3) is 4.90. The van der Waals surface area contributed by atoms with E-state index in [0.29, 0.717) is 10.5 Å². The highest BCUT2D eigenvalue weighted by molar-refractivity contribution is 5.83. The average molecular weight is 275 g/mol. The molecule has 0 aliphatic heterocycles. The first-order chi connectivity index (χ1) is 8.85. The van der Waals surface area contributed by atoms with Crippen molar-refractivity contribution in [2.75, 3.05) is 19.7 Å². The van der Waals surface area contributed by atoms with Gasteiger partial charge in [0, 0.05) is 6.54 Å². The summed E-state index contributed by atoms with van der Waals surface area (Å²) in [6, 6.07) is 8.58. The fourth-order valence-electron chi connectivity index (χ4n) is 1.76. The molecule has 0 radical (unpaired) electrons. The standard InChI is InChI=1S/C13H16F3NO2/c1-10(11-5-3-2-4-6-11)12(19)17(7-8-18)9-13(14,15)16/h2-6,10,18H,7-9H2,1H3. The fourth-order valence-corrected chi connectivity index (χ4v) is 1.76. The van der Waals surface area contributed by atoms with Gasteiger partial charge < -0.3 is 10.0 Å². The van der Waals surface area contributed by atoms with Crippen molar-refractivity contribution in [3.05, 3.63) is 35.9 Å². The smallest absolute Gasteiger partial charge is 0.395 e. The maximum absolute atomic E-state index is 12.4. The molecule has 1 N–H and O–H groups in total. The largest absolute Gasteiger partial charge is 0.406 e. The summed E-state index contributed by atoms with van der Waals surface area (Å²) in [4.78, 5) is 12.7. The molecule has 1 aromatic rings. The highest BCUT2D eigenvalue weighted by Crippen LogP contribution is 2.21. The van der Waals surface area contributed by atoms with Crippen LogP contribution in [0.4, 0.5) is 13.2 Å². The number of nitrogens with zero attached hydrogens (tertiary/aromatic N) is 1. The lowest BCUT2D eigenvalue weighted by Crippen LogP contribution is -2.42. The Labute approximate surface area is 109 Å². The number of hydrogen-bond acceptors (Lipinski definition) is 2. The number of aliphatic hydroxyl groups excluding tert-OH is 1. The molecule has 1 amide bonds. The van der Waals surface area contributed by atoms with Crippen molar-refractivity contribution in [1.29, 1.82) is 0 Å². The highest BCUT2D eigenvalue weighted by atomic mass is 19.4. The van der Waals surface area contributed by atoms with Crippen molar-refractivity contribution >= 4 is 5.91 Å². The van der Waals surface area contributed by atoms with Crippen LogP contribution in [0.1, 0.15) is 18.4 Å². The van der Waals surface area contributed by atoms with E-state index in [9.17, 15) is 18.0 Å². The van der Waals surface area contributed by atoms with Gasteiger partial charge in [0.15, 0.2) is 0 Å². The molecule has 19 heavy (non-hydrogen) atoms. The van der Waals surface area contributed by atoms with Crippen LogP contribution in [0.15, 0.2) is 30.3 Å². The minimum atomic E-state index is -4.47. The zero-order chi connectivity index (χ0) is 14.5. The van der Waals surface area contributed by atoms with Crippen molar-refractivity contribution in [1.82, 2.24) is 4.90 Å². The Morgan fingerprint density at radius 3 is 2.37 bits per heavy atom. The Balaban J connectivity index is 2.82. The first kappa shape index (κ1) is 15.5. The molecule has 3 nitrogen and oxygen atoms in total. The molecule has 0 fully saturated rings. The summed E-state index contributed by atoms with van der Waals surface area (Å²) in [5, 5.41) is 8.77. The molecule has 106 valence electrons. The van der Waals surface area contributed by atoms with Gasteiger partial charge in [-0.2, -0.15) is 13.2 Å². The van der Waals surface area contributed by atoms with Gasteiger partial charge in [-0.3, -0.25) is 4.79 Å². The second kappa shape index (κ2) is 6.56. The first-order valence-corrected chi connectivity index (χ1v) is 5.86. The van der Waals surface area contributed by atoms with E-state index in [1.54, 1.807) is 37.3 Å². The van der Waals surface area contributed by atoms with Gasteiger partial charge in [0.2, 0.25) is 5.91 Å². The maximum Gasteiger partial charge on any atom is 0.406 e. The summed E-state index contributed by atoms with van der Waals surface area (Å²) in [7, 11) is 0. The molecule has 1 rings (SSSR count). The summed E-state index contributed by atoms with van der Waals surface area (Å²) < 4.78 is 37.1. The normalized spacial score (nSPS) is 13.1. The molecule has 6 heteroatoms. The fraction of sp³-hybridized carbons (Fsp3) is 0.462. The second-order valence-electron chi connectivity index (χ2n) is 4.23. The van der Waals surface area contributed by atoms with Crippen LogP contribution in [0.3, 0.4) is 0 Å². The summed E-state index contributed by atoms with van der Waals surface area (Å²) >= 11 is 0. The first-order valence-electron chi connectivity index (χ1n) is 5.86. The average Bonchev–Trinajstić information content (AvgIpc) is 2.36. The molecule has 0 saturated carbocycles. The van der Waals surface area contributed by atoms with Crippen LogP contribution in [0.5, 0.6) is 0 Å². The van der Waals surface area contributed by atoms with Crippen molar-refractivity contribution in [3.8, 4) is 0 Å². The number of hydrogen-bond donors (Lipinski definition) is 1. The number of carbonyl (C=O) groups is 1. The van der Waals surface area contributed by atoms with Crippen LogP contribution in [0, 0.1) is 0 Å². The van der Waals surface area contributed by atoms with Crippen LogP contribution in [-0.2, 0) is 4.79 Å². The molecule has 0 aromatic heterocycles. The Hall–Kier alpha value is -1.56. The molecule has 0 aliphatic carbocycles. The Morgan fingerprint density at radius 1 is 1.32 bits per heavy atom. The van der Waals surface area contributed by atoms with Gasteiger partial charge in [-0.1, -0.05) is 30.3 Å². The van der Waals surface area contributed by atoms with Gasteiger partial charge in [0.1, 0.15) is 6.54 Å². The highest BCUT2D eigenvalue weighted by Gasteiger charge is 2.34. The third-order valence-corrected chi connectivity index (χ3v) is 2.72. The predicted octanol–water partition coefficient (Wildman–Crippen LogP) is 2.17. The number of rotatable bonds is 5. The van der Waals surface area contributed by atoms with Crippen molar-refractivity contribution in [2.45, 2.75) is 19.0 Å². The summed E-state index contributed by atoms with van der Waals surface area (Å²) in [5.41, 5.74) is 0.651. The molecule has 0 heterocycles. The van der Waals surface area contributed by atoms with E-state index >= 15 is 0 Å². The lowest BCUT2D eigenvalue weighted by molar-refractivity contribution is -0.162. The number of amides is 1. The SMILES string of the molecule is CC(C(=O)N(CCO)CC(F)(F)F)c1ccccc1. The van der Waals surface area contributed by atoms with E-state index in [4.69, 9.17) is 5.11 Å². The number of benzene rings is 1. The van der Waals surface area contributed by atoms with E-state index in [1.165, 1.54) is 0 Å². The Morgan fingerprint density at radius 2 is 1.89 bits per heavy atom. The van der Waals surface area contributed by atoms with Crippen LogP contribution >= 0.6 is 0 Å². The van der Waals surface area contributed by atoms with Crippen LogP contribution in [0.2, 0.25) is 0 Å². The molecule has 0 aliphatic rings. The zero-order valence-electron chi connectivity index (χ0n) is 10.5. The number of halogens is 3. The van der Waals surface area contributed by atoms with Crippen LogP contribution < -0.4 is 0 Å². The number of carbonyl (C=O) groups excluding carboxylic acids is 1. The van der Waals surface area contributed by atoms with Gasteiger partial charge in [-0.05, 0) is 12.5 Å². The lowest BCUT2D eigenvalue weighted by atomic mass is 10.00. The van der Waals surface area contributed by atoms with E-state index in [1.807, 2.05) is 0 Å². The van der Waals surface area contributed by atoms with E-state index < -0.39 is 31.2 Å². The summed E-state index contributed by atoms with van der Waals surface area (Å²) in [5.74, 6) is -1.31. The lowest BCUT2D eigenvalue weighted by Gasteiger charge is -2.26. The van der Waals surface area contributed by atoms with Gasteiger partial charge in [-0.25, -0.2) is 0 Å². The van der Waals surface area contributed by atoms with Crippen LogP contribution in [0.25, 0.3) is 0 Å². The second-order valence-corrected chi connectivity index (χ2v) is 4.23. The molecule has 0 bridgehead atoms. The molecule has 0 saturated heterocycles. The zero-order valence-corrected chi connectivity index (χ0v) is 10.5. The molecule has 1 unspecified atom stereocenters. The van der Waals surface area contributed by atoms with Crippen LogP contribution in [-0.4, -0.2) is 41.8 Å². The van der Waals surface area contributed by atoms with E-state index in [2.05, 4.69) is 0 Å². The molecular formula is C13H16F3NO2. The third-order valence-electron chi connectivity index (χ3n) is 2.72. The number of aliphatic hydroxyl groups is 1. The maximum atomic E-state index is 12.4. The van der Waals surface area contributed by atoms with Gasteiger partial charge >= 0.3 is 6.18 Å². The minimum Gasteiger partial charge on any atom is -0.395 e. The summed E-state index contributed by atoms with van der Waals surface area (Å²) in [6.07, 6.45) is -4.47. The quantitative estimate of drug-likeness (QED) is 0.894. The van der Waals surface area contributed by atoms with E-state index in [0.717, 1.165) is 0 Å². The monoisotopic (exact) mass is 275 g/mol. The van der Waals surface area contributed by atoms with E-state index in [-0.39, 0.29) is 6.54 Å². The molecule has 1 atom stereocenters. The predicted molar refractivity (Wildman–Crippen MR) is 64.6 cm³/mol. The van der Waals surface area contributed by atoms with Gasteiger partial charge in [-0.15, -0.1) is 0 Å². The van der Waals surface area contributed by atoms with Crippen molar-refractivity contribution in [2.24, 2.45) is 0 Å². The number of alkyl halides is 3. The van der Waals surface area contributed by atoms with Crippen molar-refractivity contribution < 1.29 is 23.1 Å². The summed E-state index contributed by atoms with van der Waals surface area (Å²) in [6.45, 7) is -0.610. The van der Waals surface area contributed by atoms with Gasteiger partial charge in [0.05, 0.1) is 12.5 Å². The Kier molecular flexibility index (Phi) is 5.35. The minimum absolute atomic E-state index is 0.324. The van der Waals surface area contributed by atoms with Crippen molar-refractivity contribution in [3.63, 3.8) is 0 Å². The van der Waals surface area contributed by atoms with Gasteiger partial charge in [0.25, 0.3) is 0 Å². The molecular weight excluding hydrogens is 259 g/mol. The topological polar surface area (TPSA) is 40.5 Å². The molecule has 0 spiro atoms. The molecule has 1 aromatic carbocycles.